The van der Waals surface area contributed by atoms with E-state index in [2.05, 4.69) is 17.4 Å². The van der Waals surface area contributed by atoms with Crippen LogP contribution in [0.4, 0.5) is 4.79 Å². The maximum Gasteiger partial charge on any atom is 0.408 e. The quantitative estimate of drug-likeness (QED) is 0.637. The Morgan fingerprint density at radius 3 is 2.18 bits per heavy atom. The van der Waals surface area contributed by atoms with Crippen molar-refractivity contribution in [3.05, 3.63) is 59.7 Å². The van der Waals surface area contributed by atoms with Crippen LogP contribution in [0.25, 0.3) is 11.1 Å². The summed E-state index contributed by atoms with van der Waals surface area (Å²) in [5.74, 6) is -1.17. The van der Waals surface area contributed by atoms with Gasteiger partial charge >= 0.3 is 12.1 Å². The largest absolute Gasteiger partial charge is 0.480 e. The van der Waals surface area contributed by atoms with E-state index >= 15 is 0 Å². The van der Waals surface area contributed by atoms with Gasteiger partial charge in [0.2, 0.25) is 5.91 Å². The van der Waals surface area contributed by atoms with Crippen LogP contribution < -0.4 is 5.32 Å². The zero-order chi connectivity index (χ0) is 24.6. The predicted octanol–water partition coefficient (Wildman–Crippen LogP) is 4.31. The smallest absolute Gasteiger partial charge is 0.408 e. The maximum atomic E-state index is 13.4. The third-order valence-electron chi connectivity index (χ3n) is 6.42. The standard InChI is InChI=1S/C26H30N2O5S/c1-15(2)22-28(21(14-34-22)23(29)30)24(31)26(3,4)27-25(32)33-13-20-18-11-7-5-9-16(18)17-10-6-8-12-19(17)20/h5-12,15,20-22H,13-14H2,1-4H3,(H,27,32)(H,29,30). The topological polar surface area (TPSA) is 95.9 Å². The summed E-state index contributed by atoms with van der Waals surface area (Å²) in [4.78, 5) is 39.3. The Hall–Kier alpha value is -3.00. The fraction of sp³-hybridized carbons (Fsp3) is 0.423. The molecule has 1 saturated heterocycles. The highest BCUT2D eigenvalue weighted by Crippen LogP contribution is 2.44. The minimum absolute atomic E-state index is 0.0727. The molecule has 1 heterocycles. The van der Waals surface area contributed by atoms with Crippen LogP contribution in [0.1, 0.15) is 44.7 Å². The highest BCUT2D eigenvalue weighted by Gasteiger charge is 2.47. The molecule has 1 aliphatic carbocycles. The summed E-state index contributed by atoms with van der Waals surface area (Å²) in [5.41, 5.74) is 3.14. The van der Waals surface area contributed by atoms with E-state index in [4.69, 9.17) is 4.74 Å². The minimum atomic E-state index is -1.33. The lowest BCUT2D eigenvalue weighted by Gasteiger charge is -2.36. The van der Waals surface area contributed by atoms with Crippen LogP contribution in [-0.4, -0.2) is 57.3 Å². The van der Waals surface area contributed by atoms with Crippen molar-refractivity contribution in [2.24, 2.45) is 5.92 Å². The molecular formula is C26H30N2O5S. The summed E-state index contributed by atoms with van der Waals surface area (Å²) in [6.45, 7) is 7.20. The summed E-state index contributed by atoms with van der Waals surface area (Å²) < 4.78 is 5.59. The number of hydrogen-bond acceptors (Lipinski definition) is 5. The number of carboxylic acid groups (broad SMARTS) is 1. The molecule has 8 heteroatoms. The molecule has 2 aromatic carbocycles. The molecule has 0 spiro atoms. The first-order chi connectivity index (χ1) is 16.1. The van der Waals surface area contributed by atoms with Gasteiger partial charge in [-0.2, -0.15) is 0 Å². The van der Waals surface area contributed by atoms with Gasteiger partial charge in [-0.15, -0.1) is 11.8 Å². The second-order valence-electron chi connectivity index (χ2n) is 9.61. The van der Waals surface area contributed by atoms with Crippen molar-refractivity contribution in [2.75, 3.05) is 12.4 Å². The number of alkyl carbamates (subject to hydrolysis) is 1. The fourth-order valence-electron chi connectivity index (χ4n) is 4.75. The van der Waals surface area contributed by atoms with Gasteiger partial charge in [0.05, 0.1) is 5.37 Å². The molecule has 2 unspecified atom stereocenters. The van der Waals surface area contributed by atoms with E-state index in [0.29, 0.717) is 5.75 Å². The molecule has 2 atom stereocenters. The van der Waals surface area contributed by atoms with Crippen LogP contribution in [0.3, 0.4) is 0 Å². The number of benzene rings is 2. The van der Waals surface area contributed by atoms with Crippen LogP contribution >= 0.6 is 11.8 Å². The van der Waals surface area contributed by atoms with Crippen LogP contribution in [0.15, 0.2) is 48.5 Å². The number of carboxylic acids is 1. The minimum Gasteiger partial charge on any atom is -0.480 e. The molecule has 4 rings (SSSR count). The van der Waals surface area contributed by atoms with E-state index in [1.807, 2.05) is 50.2 Å². The average Bonchev–Trinajstić information content (AvgIpc) is 3.37. The molecule has 2 aromatic rings. The summed E-state index contributed by atoms with van der Waals surface area (Å²) in [7, 11) is 0. The zero-order valence-corrected chi connectivity index (χ0v) is 20.6. The van der Waals surface area contributed by atoms with Gasteiger partial charge in [-0.25, -0.2) is 9.59 Å². The molecule has 2 aliphatic rings. The molecule has 2 amide bonds. The van der Waals surface area contributed by atoms with Crippen LogP contribution in [-0.2, 0) is 14.3 Å². The van der Waals surface area contributed by atoms with E-state index in [1.54, 1.807) is 13.8 Å². The second kappa shape index (κ2) is 9.33. The predicted molar refractivity (Wildman–Crippen MR) is 132 cm³/mol. The Morgan fingerprint density at radius 2 is 1.65 bits per heavy atom. The number of fused-ring (bicyclic) bond motifs is 3. The van der Waals surface area contributed by atoms with Crippen molar-refractivity contribution in [3.63, 3.8) is 0 Å². The Labute approximate surface area is 203 Å². The lowest BCUT2D eigenvalue weighted by atomic mass is 9.98. The number of ether oxygens (including phenoxy) is 1. The number of amides is 2. The van der Waals surface area contributed by atoms with Crippen molar-refractivity contribution in [1.82, 2.24) is 10.2 Å². The molecular weight excluding hydrogens is 452 g/mol. The molecule has 0 aromatic heterocycles. The first-order valence-electron chi connectivity index (χ1n) is 11.4. The number of nitrogens with zero attached hydrogens (tertiary/aromatic N) is 1. The van der Waals surface area contributed by atoms with Gasteiger partial charge in [0, 0.05) is 11.7 Å². The normalized spacial score (nSPS) is 19.6. The number of carbonyl (C=O) groups is 3. The molecule has 34 heavy (non-hydrogen) atoms. The highest BCUT2D eigenvalue weighted by molar-refractivity contribution is 8.00. The van der Waals surface area contributed by atoms with Crippen molar-refractivity contribution in [2.45, 2.75) is 50.6 Å². The lowest BCUT2D eigenvalue weighted by molar-refractivity contribution is -0.152. The van der Waals surface area contributed by atoms with Crippen molar-refractivity contribution >= 4 is 29.7 Å². The highest BCUT2D eigenvalue weighted by atomic mass is 32.2. The number of hydrogen-bond donors (Lipinski definition) is 2. The van der Waals surface area contributed by atoms with Crippen LogP contribution in [0, 0.1) is 5.92 Å². The van der Waals surface area contributed by atoms with Gasteiger partial charge in [0.15, 0.2) is 0 Å². The van der Waals surface area contributed by atoms with E-state index in [1.165, 1.54) is 16.7 Å². The van der Waals surface area contributed by atoms with Crippen molar-refractivity contribution < 1.29 is 24.2 Å². The van der Waals surface area contributed by atoms with Gasteiger partial charge in [0.25, 0.3) is 0 Å². The third kappa shape index (κ3) is 4.39. The fourth-order valence-corrected chi connectivity index (χ4v) is 6.23. The van der Waals surface area contributed by atoms with Gasteiger partial charge in [-0.3, -0.25) is 4.79 Å². The Balaban J connectivity index is 1.45. The number of thioether (sulfide) groups is 1. The number of aliphatic carboxylic acids is 1. The number of carbonyl (C=O) groups excluding carboxylic acids is 2. The lowest BCUT2D eigenvalue weighted by Crippen LogP contribution is -2.60. The van der Waals surface area contributed by atoms with Gasteiger partial charge in [-0.1, -0.05) is 62.4 Å². The van der Waals surface area contributed by atoms with Gasteiger partial charge in [-0.05, 0) is 42.0 Å². The number of nitrogens with one attached hydrogen (secondary N) is 1. The molecule has 7 nitrogen and oxygen atoms in total. The third-order valence-corrected chi connectivity index (χ3v) is 8.04. The van der Waals surface area contributed by atoms with Crippen molar-refractivity contribution in [3.8, 4) is 11.1 Å². The van der Waals surface area contributed by atoms with E-state index in [0.717, 1.165) is 22.3 Å². The van der Waals surface area contributed by atoms with E-state index in [-0.39, 0.29) is 23.8 Å². The van der Waals surface area contributed by atoms with E-state index in [9.17, 15) is 19.5 Å². The maximum absolute atomic E-state index is 13.4. The summed E-state index contributed by atoms with van der Waals surface area (Å²) in [6, 6.07) is 15.2. The second-order valence-corrected chi connectivity index (χ2v) is 10.8. The Bertz CT molecular complexity index is 1070. The SMILES string of the molecule is CC(C)C1SCC(C(=O)O)N1C(=O)C(C)(C)NC(=O)OCC1c2ccccc2-c2ccccc21. The number of rotatable bonds is 6. The molecule has 2 N–H and O–H groups in total. The summed E-state index contributed by atoms with van der Waals surface area (Å²) >= 11 is 1.45. The molecule has 180 valence electrons. The monoisotopic (exact) mass is 482 g/mol. The van der Waals surface area contributed by atoms with Crippen LogP contribution in [0.5, 0.6) is 0 Å². The summed E-state index contributed by atoms with van der Waals surface area (Å²) in [5, 5.41) is 12.0. The first kappa shape index (κ1) is 24.1. The molecule has 0 saturated carbocycles. The molecule has 0 radical (unpaired) electrons. The zero-order valence-electron chi connectivity index (χ0n) is 19.8. The molecule has 0 bridgehead atoms. The Morgan fingerprint density at radius 1 is 1.09 bits per heavy atom. The van der Waals surface area contributed by atoms with Gasteiger partial charge < -0.3 is 20.1 Å². The molecule has 1 aliphatic heterocycles. The summed E-state index contributed by atoms with van der Waals surface area (Å²) in [6.07, 6.45) is -0.708. The first-order valence-corrected chi connectivity index (χ1v) is 12.5. The van der Waals surface area contributed by atoms with Gasteiger partial charge in [0.1, 0.15) is 18.2 Å². The van der Waals surface area contributed by atoms with Crippen molar-refractivity contribution in [1.29, 1.82) is 0 Å². The van der Waals surface area contributed by atoms with E-state index < -0.39 is 29.6 Å². The average molecular weight is 483 g/mol. The van der Waals surface area contributed by atoms with Crippen LogP contribution in [0.2, 0.25) is 0 Å². The Kier molecular flexibility index (Phi) is 6.62. The molecule has 1 fully saturated rings.